The fraction of sp³-hybridized carbons (Fsp3) is 0.250. The van der Waals surface area contributed by atoms with Gasteiger partial charge in [-0.15, -0.1) is 11.8 Å². The molecule has 0 spiro atoms. The van der Waals surface area contributed by atoms with Gasteiger partial charge in [-0.1, -0.05) is 60.7 Å². The highest BCUT2D eigenvalue weighted by molar-refractivity contribution is 9.39. The molecule has 176 valence electrons. The van der Waals surface area contributed by atoms with Crippen molar-refractivity contribution in [3.05, 3.63) is 83.1 Å². The Labute approximate surface area is 217 Å². The number of carbonyl (C=O) groups is 3. The van der Waals surface area contributed by atoms with Gasteiger partial charge in [-0.25, -0.2) is 4.79 Å². The minimum Gasteiger partial charge on any atom is -0.461 e. The van der Waals surface area contributed by atoms with Crippen LogP contribution in [0.1, 0.15) is 24.2 Å². The quantitative estimate of drug-likeness (QED) is 0.260. The normalized spacial score (nSPS) is 19.3. The van der Waals surface area contributed by atoms with Crippen LogP contribution in [-0.2, 0) is 23.9 Å². The number of carbonyl (C=O) groups excluding carboxylic acids is 3. The number of hydrogen-bond donors (Lipinski definition) is 0. The summed E-state index contributed by atoms with van der Waals surface area (Å²) in [5, 5.41) is -0.354. The van der Waals surface area contributed by atoms with Gasteiger partial charge in [-0.2, -0.15) is 0 Å². The number of esters is 2. The zero-order valence-corrected chi connectivity index (χ0v) is 22.0. The molecule has 7 nitrogen and oxygen atoms in total. The fourth-order valence-corrected chi connectivity index (χ4v) is 5.54. The van der Waals surface area contributed by atoms with Crippen LogP contribution in [0.15, 0.2) is 76.9 Å². The lowest BCUT2D eigenvalue weighted by atomic mass is 10.0. The Morgan fingerprint density at radius 2 is 1.68 bits per heavy atom. The Hall–Kier alpha value is -2.43. The molecule has 2 aromatic carbocycles. The second kappa shape index (κ2) is 10.9. The molecule has 0 N–H and O–H groups in total. The van der Waals surface area contributed by atoms with Crippen molar-refractivity contribution in [1.82, 2.24) is 4.90 Å². The minimum absolute atomic E-state index is 0.0965. The van der Waals surface area contributed by atoms with Gasteiger partial charge >= 0.3 is 11.9 Å². The highest BCUT2D eigenvalue weighted by Gasteiger charge is 2.54. The average molecular weight is 608 g/mol. The molecule has 0 saturated carbocycles. The van der Waals surface area contributed by atoms with Crippen molar-refractivity contribution in [3.8, 4) is 0 Å². The number of aliphatic imine (C=N–C) groups is 1. The van der Waals surface area contributed by atoms with Crippen LogP contribution in [0.5, 0.6) is 0 Å². The third kappa shape index (κ3) is 5.29. The van der Waals surface area contributed by atoms with E-state index in [4.69, 9.17) is 9.47 Å². The van der Waals surface area contributed by atoms with E-state index in [0.29, 0.717) is 14.9 Å². The number of nitrogens with zero attached hydrogens (tertiary/aromatic N) is 2. The average Bonchev–Trinajstić information content (AvgIpc) is 2.84. The van der Waals surface area contributed by atoms with Crippen LogP contribution in [-0.4, -0.2) is 50.1 Å². The van der Waals surface area contributed by atoms with Gasteiger partial charge in [-0.05, 0) is 43.0 Å². The van der Waals surface area contributed by atoms with E-state index in [0.717, 1.165) is 11.1 Å². The number of ether oxygens (including phenoxy) is 2. The van der Waals surface area contributed by atoms with Crippen molar-refractivity contribution in [3.63, 3.8) is 0 Å². The summed E-state index contributed by atoms with van der Waals surface area (Å²) >= 11 is 7.86. The molecule has 2 aliphatic heterocycles. The maximum Gasteiger partial charge on any atom is 0.356 e. The number of rotatable bonds is 7. The van der Waals surface area contributed by atoms with Crippen molar-refractivity contribution in [2.45, 2.75) is 24.4 Å². The third-order valence-electron chi connectivity index (χ3n) is 5.33. The molecule has 0 radical (unpaired) electrons. The maximum absolute atomic E-state index is 13.6. The maximum atomic E-state index is 13.6. The van der Waals surface area contributed by atoms with Gasteiger partial charge < -0.3 is 9.47 Å². The Balaban J connectivity index is 1.68. The van der Waals surface area contributed by atoms with Crippen molar-refractivity contribution < 1.29 is 23.9 Å². The van der Waals surface area contributed by atoms with Crippen LogP contribution < -0.4 is 0 Å². The number of benzene rings is 2. The molecule has 0 aliphatic carbocycles. The summed E-state index contributed by atoms with van der Waals surface area (Å²) < 4.78 is 11.6. The van der Waals surface area contributed by atoms with E-state index >= 15 is 0 Å². The topological polar surface area (TPSA) is 85.3 Å². The van der Waals surface area contributed by atoms with Gasteiger partial charge in [0.05, 0.1) is 0 Å². The molecular formula is C24H20Br2N2O5S. The Morgan fingerprint density at radius 1 is 1.09 bits per heavy atom. The lowest BCUT2D eigenvalue weighted by molar-refractivity contribution is -0.153. The number of thioether (sulfide) groups is 1. The second-order valence-electron chi connectivity index (χ2n) is 7.56. The summed E-state index contributed by atoms with van der Waals surface area (Å²) in [6, 6.07) is 18.2. The number of amides is 1. The van der Waals surface area contributed by atoms with E-state index in [1.54, 1.807) is 0 Å². The van der Waals surface area contributed by atoms with E-state index in [2.05, 4.69) is 36.9 Å². The predicted octanol–water partition coefficient (Wildman–Crippen LogP) is 4.57. The van der Waals surface area contributed by atoms with Crippen LogP contribution in [0, 0.1) is 0 Å². The molecule has 1 amide bonds. The molecule has 0 aromatic heterocycles. The first-order valence-corrected chi connectivity index (χ1v) is 13.0. The van der Waals surface area contributed by atoms with Crippen molar-refractivity contribution >= 4 is 65.0 Å². The molecule has 2 heterocycles. The molecule has 1 saturated heterocycles. The van der Waals surface area contributed by atoms with Crippen LogP contribution in [0.4, 0.5) is 0 Å². The number of β-lactam (4-membered cyclic amide) rings is 1. The standard InChI is InChI=1S/C24H20Br2N2O5S/c1-14(29)32-12-17-13-34-22-18(27-24(25)26)21(30)28(22)19(17)23(31)33-20(15-8-4-2-5-9-15)16-10-6-3-7-11-16/h2-11,18,20,22H,12-13H2,1H3/t18?,22-/m1/s1. The molecule has 34 heavy (non-hydrogen) atoms. The van der Waals surface area contributed by atoms with Crippen LogP contribution in [0.2, 0.25) is 0 Å². The molecule has 1 fully saturated rings. The fourth-order valence-electron chi connectivity index (χ4n) is 3.79. The minimum atomic E-state index is -0.674. The summed E-state index contributed by atoms with van der Waals surface area (Å²) in [5.74, 6) is -1.05. The Kier molecular flexibility index (Phi) is 7.90. The Bertz CT molecular complexity index is 1110. The first-order valence-electron chi connectivity index (χ1n) is 10.4. The highest BCUT2D eigenvalue weighted by atomic mass is 79.9. The molecule has 2 aromatic rings. The van der Waals surface area contributed by atoms with Crippen molar-refractivity contribution in [2.75, 3.05) is 12.4 Å². The van der Waals surface area contributed by atoms with Crippen LogP contribution in [0.3, 0.4) is 0 Å². The zero-order chi connectivity index (χ0) is 24.2. The SMILES string of the molecule is CC(=O)OCC1=C(C(=O)OC(c2ccccc2)c2ccccc2)N2C(=O)C(N=C(Br)Br)[C@H]2SC1. The molecule has 0 bridgehead atoms. The summed E-state index contributed by atoms with van der Waals surface area (Å²) in [4.78, 5) is 43.7. The van der Waals surface area contributed by atoms with Gasteiger partial charge in [-0.3, -0.25) is 19.5 Å². The monoisotopic (exact) mass is 606 g/mol. The van der Waals surface area contributed by atoms with Crippen molar-refractivity contribution in [1.29, 1.82) is 0 Å². The molecule has 4 rings (SSSR count). The smallest absolute Gasteiger partial charge is 0.356 e. The number of fused-ring (bicyclic) bond motifs is 1. The van der Waals surface area contributed by atoms with Crippen molar-refractivity contribution in [2.24, 2.45) is 4.99 Å². The number of halogens is 2. The summed E-state index contributed by atoms with van der Waals surface area (Å²) in [7, 11) is 0. The van der Waals surface area contributed by atoms with Crippen LogP contribution in [0.25, 0.3) is 0 Å². The third-order valence-corrected chi connectivity index (χ3v) is 7.06. The molecule has 1 unspecified atom stereocenters. The first-order chi connectivity index (χ1) is 16.4. The van der Waals surface area contributed by atoms with E-state index in [1.165, 1.54) is 23.6 Å². The van der Waals surface area contributed by atoms with Gasteiger partial charge in [0.25, 0.3) is 5.91 Å². The van der Waals surface area contributed by atoms with Crippen LogP contribution >= 0.6 is 43.6 Å². The van der Waals surface area contributed by atoms with E-state index in [-0.39, 0.29) is 23.6 Å². The molecule has 2 atom stereocenters. The summed E-state index contributed by atoms with van der Waals surface area (Å²) in [5.41, 5.74) is 2.23. The van der Waals surface area contributed by atoms with Gasteiger partial charge in [0.2, 0.25) is 0 Å². The highest BCUT2D eigenvalue weighted by Crippen LogP contribution is 2.43. The molecule has 10 heteroatoms. The summed E-state index contributed by atoms with van der Waals surface area (Å²) in [6.45, 7) is 1.20. The predicted molar refractivity (Wildman–Crippen MR) is 137 cm³/mol. The second-order valence-corrected chi connectivity index (χ2v) is 11.2. The van der Waals surface area contributed by atoms with E-state index < -0.39 is 24.1 Å². The molecule has 2 aliphatic rings. The number of hydrogen-bond acceptors (Lipinski definition) is 7. The first kappa shape index (κ1) is 24.7. The van der Waals surface area contributed by atoms with E-state index in [1.807, 2.05) is 60.7 Å². The summed E-state index contributed by atoms with van der Waals surface area (Å²) in [6.07, 6.45) is -0.674. The Morgan fingerprint density at radius 3 is 2.21 bits per heavy atom. The lowest BCUT2D eigenvalue weighted by Crippen LogP contribution is -2.64. The zero-order valence-electron chi connectivity index (χ0n) is 18.0. The van der Waals surface area contributed by atoms with Gasteiger partial charge in [0, 0.05) is 18.2 Å². The van der Waals surface area contributed by atoms with Gasteiger partial charge in [0.15, 0.2) is 12.1 Å². The van der Waals surface area contributed by atoms with Gasteiger partial charge in [0.1, 0.15) is 21.2 Å². The molecular weight excluding hydrogens is 588 g/mol. The van der Waals surface area contributed by atoms with E-state index in [9.17, 15) is 14.4 Å². The lowest BCUT2D eigenvalue weighted by Gasteiger charge is -2.48. The largest absolute Gasteiger partial charge is 0.461 e.